The molecule has 0 saturated carbocycles. The normalized spacial score (nSPS) is 12.0. The van der Waals surface area contributed by atoms with E-state index in [9.17, 15) is 0 Å². The number of rotatable bonds is 5. The van der Waals surface area contributed by atoms with Gasteiger partial charge in [-0.05, 0) is 25.5 Å². The van der Waals surface area contributed by atoms with Crippen molar-refractivity contribution in [2.24, 2.45) is 5.73 Å². The van der Waals surface area contributed by atoms with Crippen molar-refractivity contribution < 1.29 is 0 Å². The van der Waals surface area contributed by atoms with Gasteiger partial charge in [0.05, 0.1) is 13.1 Å². The Hall–Kier alpha value is -1.30. The molecular weight excluding hydrogens is 208 g/mol. The van der Waals surface area contributed by atoms with Crippen LogP contribution in [0.25, 0.3) is 0 Å². The Labute approximate surface area is 105 Å². The van der Waals surface area contributed by atoms with Crippen molar-refractivity contribution in [1.82, 2.24) is 4.90 Å². The van der Waals surface area contributed by atoms with E-state index in [0.717, 1.165) is 19.5 Å². The third kappa shape index (κ3) is 4.60. The zero-order valence-electron chi connectivity index (χ0n) is 10.8. The van der Waals surface area contributed by atoms with Crippen LogP contribution in [0.3, 0.4) is 0 Å². The summed E-state index contributed by atoms with van der Waals surface area (Å²) < 4.78 is 0. The highest BCUT2D eigenvalue weighted by Crippen LogP contribution is 2.19. The molecule has 0 aliphatic heterocycles. The van der Waals surface area contributed by atoms with E-state index in [2.05, 4.69) is 60.9 Å². The van der Waals surface area contributed by atoms with Gasteiger partial charge in [-0.3, -0.25) is 4.90 Å². The summed E-state index contributed by atoms with van der Waals surface area (Å²) in [6.45, 7) is 6.73. The topological polar surface area (TPSA) is 29.3 Å². The van der Waals surface area contributed by atoms with Gasteiger partial charge < -0.3 is 5.73 Å². The molecule has 1 rings (SSSR count). The molecule has 0 radical (unpaired) electrons. The first-order valence-electron chi connectivity index (χ1n) is 6.24. The van der Waals surface area contributed by atoms with Gasteiger partial charge in [-0.15, -0.1) is 0 Å². The molecule has 0 bridgehead atoms. The zero-order chi connectivity index (χ0) is 12.5. The quantitative estimate of drug-likeness (QED) is 0.787. The molecule has 0 aliphatic carbocycles. The standard InChI is InChI=1S/C15H22N2/c1-3-12-17(13-8-7-11-16)14(2)15-9-5-4-6-10-15/h4-6,9-10,14H,3,11-13,16H2,1-2H3. The van der Waals surface area contributed by atoms with Gasteiger partial charge >= 0.3 is 0 Å². The highest BCUT2D eigenvalue weighted by Gasteiger charge is 2.13. The first kappa shape index (κ1) is 13.8. The van der Waals surface area contributed by atoms with Crippen LogP contribution in [0.15, 0.2) is 30.3 Å². The lowest BCUT2D eigenvalue weighted by Gasteiger charge is -2.27. The highest BCUT2D eigenvalue weighted by atomic mass is 15.1. The van der Waals surface area contributed by atoms with Crippen LogP contribution in [0.2, 0.25) is 0 Å². The minimum absolute atomic E-state index is 0.406. The lowest BCUT2D eigenvalue weighted by atomic mass is 10.1. The molecule has 0 spiro atoms. The molecule has 0 heterocycles. The molecule has 2 heteroatoms. The van der Waals surface area contributed by atoms with Crippen LogP contribution in [0.1, 0.15) is 31.9 Å². The first-order chi connectivity index (χ1) is 8.29. The van der Waals surface area contributed by atoms with Crippen LogP contribution in [0, 0.1) is 11.8 Å². The fourth-order valence-corrected chi connectivity index (χ4v) is 1.87. The fourth-order valence-electron chi connectivity index (χ4n) is 1.87. The lowest BCUT2D eigenvalue weighted by Crippen LogP contribution is -2.28. The van der Waals surface area contributed by atoms with Crippen LogP contribution in [-0.4, -0.2) is 24.5 Å². The molecule has 1 atom stereocenters. The van der Waals surface area contributed by atoms with Gasteiger partial charge in [0.1, 0.15) is 0 Å². The van der Waals surface area contributed by atoms with E-state index in [1.807, 2.05) is 0 Å². The van der Waals surface area contributed by atoms with E-state index in [0.29, 0.717) is 12.6 Å². The molecule has 0 aromatic heterocycles. The van der Waals surface area contributed by atoms with Crippen LogP contribution >= 0.6 is 0 Å². The number of nitrogens with zero attached hydrogens (tertiary/aromatic N) is 1. The van der Waals surface area contributed by atoms with Crippen molar-refractivity contribution in [3.63, 3.8) is 0 Å². The average molecular weight is 230 g/mol. The van der Waals surface area contributed by atoms with Crippen LogP contribution in [0.5, 0.6) is 0 Å². The molecule has 0 amide bonds. The average Bonchev–Trinajstić information content (AvgIpc) is 2.38. The fraction of sp³-hybridized carbons (Fsp3) is 0.467. The molecule has 0 aliphatic rings. The van der Waals surface area contributed by atoms with Crippen molar-refractivity contribution in [3.05, 3.63) is 35.9 Å². The Morgan fingerprint density at radius 3 is 2.53 bits per heavy atom. The van der Waals surface area contributed by atoms with Crippen molar-refractivity contribution in [2.75, 3.05) is 19.6 Å². The largest absolute Gasteiger partial charge is 0.320 e. The zero-order valence-corrected chi connectivity index (χ0v) is 10.8. The third-order valence-electron chi connectivity index (χ3n) is 2.85. The summed E-state index contributed by atoms with van der Waals surface area (Å²) in [5.74, 6) is 6.05. The molecule has 1 unspecified atom stereocenters. The maximum absolute atomic E-state index is 5.38. The molecule has 2 N–H and O–H groups in total. The summed E-state index contributed by atoms with van der Waals surface area (Å²) >= 11 is 0. The van der Waals surface area contributed by atoms with Gasteiger partial charge in [0, 0.05) is 6.04 Å². The van der Waals surface area contributed by atoms with E-state index in [1.165, 1.54) is 5.56 Å². The lowest BCUT2D eigenvalue weighted by molar-refractivity contribution is 0.238. The predicted molar refractivity (Wildman–Crippen MR) is 73.6 cm³/mol. The number of hydrogen-bond acceptors (Lipinski definition) is 2. The van der Waals surface area contributed by atoms with Crippen molar-refractivity contribution >= 4 is 0 Å². The van der Waals surface area contributed by atoms with Crippen LogP contribution in [0.4, 0.5) is 0 Å². The van der Waals surface area contributed by atoms with E-state index in [4.69, 9.17) is 5.73 Å². The summed E-state index contributed by atoms with van der Waals surface area (Å²) in [5.41, 5.74) is 6.73. The maximum Gasteiger partial charge on any atom is 0.0607 e. The first-order valence-corrected chi connectivity index (χ1v) is 6.24. The number of nitrogens with two attached hydrogens (primary N) is 1. The Morgan fingerprint density at radius 2 is 1.94 bits per heavy atom. The van der Waals surface area contributed by atoms with Crippen LogP contribution < -0.4 is 5.73 Å². The van der Waals surface area contributed by atoms with Crippen molar-refractivity contribution in [3.8, 4) is 11.8 Å². The second-order valence-electron chi connectivity index (χ2n) is 4.11. The number of benzene rings is 1. The number of hydrogen-bond donors (Lipinski definition) is 1. The van der Waals surface area contributed by atoms with E-state index in [1.54, 1.807) is 0 Å². The van der Waals surface area contributed by atoms with Gasteiger partial charge in [0.25, 0.3) is 0 Å². The van der Waals surface area contributed by atoms with Gasteiger partial charge in [0.15, 0.2) is 0 Å². The highest BCUT2D eigenvalue weighted by molar-refractivity contribution is 5.19. The summed E-state index contributed by atoms with van der Waals surface area (Å²) in [7, 11) is 0. The molecule has 0 fully saturated rings. The smallest absolute Gasteiger partial charge is 0.0607 e. The summed E-state index contributed by atoms with van der Waals surface area (Å²) in [4.78, 5) is 2.39. The second-order valence-corrected chi connectivity index (χ2v) is 4.11. The molecule has 1 aromatic carbocycles. The minimum atomic E-state index is 0.406. The van der Waals surface area contributed by atoms with Gasteiger partial charge in [-0.25, -0.2) is 0 Å². The SMILES string of the molecule is CCCN(CC#CCN)C(C)c1ccccc1. The maximum atomic E-state index is 5.38. The Kier molecular flexibility index (Phi) is 6.39. The van der Waals surface area contributed by atoms with Crippen molar-refractivity contribution in [1.29, 1.82) is 0 Å². The predicted octanol–water partition coefficient (Wildman–Crippen LogP) is 2.42. The Balaban J connectivity index is 2.69. The Morgan fingerprint density at radius 1 is 1.24 bits per heavy atom. The van der Waals surface area contributed by atoms with E-state index in [-0.39, 0.29) is 0 Å². The molecule has 92 valence electrons. The monoisotopic (exact) mass is 230 g/mol. The van der Waals surface area contributed by atoms with Gasteiger partial charge in [-0.1, -0.05) is 49.1 Å². The Bertz CT molecular complexity index is 362. The van der Waals surface area contributed by atoms with Gasteiger partial charge in [0.2, 0.25) is 0 Å². The summed E-state index contributed by atoms with van der Waals surface area (Å²) in [5, 5.41) is 0. The van der Waals surface area contributed by atoms with Gasteiger partial charge in [-0.2, -0.15) is 0 Å². The minimum Gasteiger partial charge on any atom is -0.320 e. The van der Waals surface area contributed by atoms with E-state index < -0.39 is 0 Å². The molecule has 0 saturated heterocycles. The van der Waals surface area contributed by atoms with Crippen LogP contribution in [-0.2, 0) is 0 Å². The summed E-state index contributed by atoms with van der Waals surface area (Å²) in [6, 6.07) is 11.0. The molecule has 2 nitrogen and oxygen atoms in total. The molecule has 17 heavy (non-hydrogen) atoms. The molecule has 1 aromatic rings. The van der Waals surface area contributed by atoms with Crippen molar-refractivity contribution in [2.45, 2.75) is 26.3 Å². The molecular formula is C15H22N2. The summed E-state index contributed by atoms with van der Waals surface area (Å²) in [6.07, 6.45) is 1.14. The van der Waals surface area contributed by atoms with E-state index >= 15 is 0 Å². The third-order valence-corrected chi connectivity index (χ3v) is 2.85. The second kappa shape index (κ2) is 7.89.